The van der Waals surface area contributed by atoms with Crippen molar-refractivity contribution >= 4 is 13.5 Å². The highest BCUT2D eigenvalue weighted by atomic mass is 31.2. The zero-order chi connectivity index (χ0) is 20.1. The highest BCUT2D eigenvalue weighted by Crippen LogP contribution is 2.39. The third-order valence-corrected chi connectivity index (χ3v) is 5.19. The van der Waals surface area contributed by atoms with E-state index in [1.54, 1.807) is 0 Å². The van der Waals surface area contributed by atoms with Gasteiger partial charge in [0.2, 0.25) is 5.91 Å². The molecule has 0 saturated heterocycles. The summed E-state index contributed by atoms with van der Waals surface area (Å²) in [6.07, 6.45) is 11.5. The molecule has 2 atom stereocenters. The molecule has 0 aliphatic heterocycles. The molecule has 0 heterocycles. The van der Waals surface area contributed by atoms with E-state index in [1.165, 1.54) is 32.8 Å². The van der Waals surface area contributed by atoms with Crippen molar-refractivity contribution in [3.05, 3.63) is 12.7 Å². The van der Waals surface area contributed by atoms with Crippen LogP contribution in [0, 0.1) is 0 Å². The summed E-state index contributed by atoms with van der Waals surface area (Å²) in [4.78, 5) is 22.0. The molecule has 0 radical (unpaired) electrons. The molecule has 0 aromatic rings. The van der Waals surface area contributed by atoms with Crippen LogP contribution in [0.25, 0.3) is 0 Å². The fourth-order valence-electron chi connectivity index (χ4n) is 2.59. The van der Waals surface area contributed by atoms with E-state index in [4.69, 9.17) is 0 Å². The first-order valence-electron chi connectivity index (χ1n) is 9.65. The standard InChI is InChI=1S/C19H39N2O4P/c1-6-7-8-9-10-11-12-13-14-15-17(18(22)21-19(2,3)4)20-16-26(23,24)25-5/h6,17,20H,1,7-16H2,2-5H3,(H,21,22)(H,23,24). The molecule has 6 nitrogen and oxygen atoms in total. The molecule has 0 spiro atoms. The van der Waals surface area contributed by atoms with E-state index in [-0.39, 0.29) is 17.7 Å². The first kappa shape index (κ1) is 25.3. The van der Waals surface area contributed by atoms with Gasteiger partial charge in [-0.05, 0) is 40.0 Å². The summed E-state index contributed by atoms with van der Waals surface area (Å²) in [6.45, 7) is 9.48. The van der Waals surface area contributed by atoms with Gasteiger partial charge in [0.05, 0.1) is 12.3 Å². The van der Waals surface area contributed by atoms with Crippen LogP contribution in [0.15, 0.2) is 12.7 Å². The SMILES string of the molecule is C=CCCCCCCCCCC(NCP(=O)(O)OC)C(=O)NC(C)(C)C. The molecule has 154 valence electrons. The molecule has 0 bridgehead atoms. The molecule has 2 unspecified atom stereocenters. The lowest BCUT2D eigenvalue weighted by Crippen LogP contribution is -2.50. The summed E-state index contributed by atoms with van der Waals surface area (Å²) in [7, 11) is -2.48. The number of nitrogens with one attached hydrogen (secondary N) is 2. The van der Waals surface area contributed by atoms with Crippen LogP contribution in [0.2, 0.25) is 0 Å². The molecule has 3 N–H and O–H groups in total. The van der Waals surface area contributed by atoms with Gasteiger partial charge in [-0.15, -0.1) is 6.58 Å². The van der Waals surface area contributed by atoms with Gasteiger partial charge in [-0.1, -0.05) is 44.6 Å². The number of carbonyl (C=O) groups is 1. The molecule has 0 rings (SSSR count). The van der Waals surface area contributed by atoms with Crippen LogP contribution in [0.5, 0.6) is 0 Å². The average Bonchev–Trinajstić information content (AvgIpc) is 2.54. The fourth-order valence-corrected chi connectivity index (χ4v) is 3.17. The highest BCUT2D eigenvalue weighted by molar-refractivity contribution is 7.52. The van der Waals surface area contributed by atoms with Crippen molar-refractivity contribution in [1.29, 1.82) is 0 Å². The van der Waals surface area contributed by atoms with Crippen molar-refractivity contribution in [3.8, 4) is 0 Å². The number of hydrogen-bond acceptors (Lipinski definition) is 4. The van der Waals surface area contributed by atoms with E-state index in [1.807, 2.05) is 26.8 Å². The molecule has 0 aliphatic rings. The van der Waals surface area contributed by atoms with Crippen molar-refractivity contribution in [2.24, 2.45) is 0 Å². The lowest BCUT2D eigenvalue weighted by Gasteiger charge is -2.26. The van der Waals surface area contributed by atoms with Crippen LogP contribution in [-0.4, -0.2) is 35.8 Å². The Kier molecular flexibility index (Phi) is 13.1. The molecule has 0 fully saturated rings. The van der Waals surface area contributed by atoms with E-state index in [2.05, 4.69) is 21.7 Å². The van der Waals surface area contributed by atoms with Crippen LogP contribution in [0.3, 0.4) is 0 Å². The molecule has 7 heteroatoms. The minimum Gasteiger partial charge on any atom is -0.350 e. The fraction of sp³-hybridized carbons (Fsp3) is 0.842. The van der Waals surface area contributed by atoms with Gasteiger partial charge in [0.15, 0.2) is 0 Å². The molecule has 0 aromatic carbocycles. The highest BCUT2D eigenvalue weighted by Gasteiger charge is 2.25. The largest absolute Gasteiger partial charge is 0.350 e. The smallest absolute Gasteiger partial charge is 0.341 e. The maximum atomic E-state index is 12.4. The maximum Gasteiger partial charge on any atom is 0.341 e. The zero-order valence-electron chi connectivity index (χ0n) is 17.1. The molecule has 1 amide bonds. The lowest BCUT2D eigenvalue weighted by molar-refractivity contribution is -0.124. The van der Waals surface area contributed by atoms with Crippen molar-refractivity contribution in [2.45, 2.75) is 90.1 Å². The topological polar surface area (TPSA) is 87.7 Å². The Hall–Kier alpha value is -0.680. The van der Waals surface area contributed by atoms with Crippen LogP contribution >= 0.6 is 7.60 Å². The van der Waals surface area contributed by atoms with Gasteiger partial charge < -0.3 is 14.7 Å². The quantitative estimate of drug-likeness (QED) is 0.220. The first-order valence-corrected chi connectivity index (χ1v) is 11.4. The third-order valence-electron chi connectivity index (χ3n) is 4.04. The Morgan fingerprint density at radius 1 is 1.15 bits per heavy atom. The molecule has 0 saturated carbocycles. The van der Waals surface area contributed by atoms with Crippen molar-refractivity contribution < 1.29 is 18.8 Å². The molecule has 26 heavy (non-hydrogen) atoms. The molecule has 0 aliphatic carbocycles. The Bertz CT molecular complexity index is 449. The number of allylic oxidation sites excluding steroid dienone is 1. The second kappa shape index (κ2) is 13.5. The van der Waals surface area contributed by atoms with Gasteiger partial charge in [0, 0.05) is 12.6 Å². The summed E-state index contributed by atoms with van der Waals surface area (Å²) in [5, 5.41) is 5.83. The van der Waals surface area contributed by atoms with E-state index in [0.717, 1.165) is 25.7 Å². The van der Waals surface area contributed by atoms with E-state index < -0.39 is 13.6 Å². The summed E-state index contributed by atoms with van der Waals surface area (Å²) in [5.41, 5.74) is -0.341. The van der Waals surface area contributed by atoms with Crippen LogP contribution in [-0.2, 0) is 13.9 Å². The van der Waals surface area contributed by atoms with Crippen LogP contribution in [0.4, 0.5) is 0 Å². The zero-order valence-corrected chi connectivity index (χ0v) is 17.9. The van der Waals surface area contributed by atoms with Gasteiger partial charge in [-0.2, -0.15) is 0 Å². The maximum absolute atomic E-state index is 12.4. The minimum atomic E-state index is -3.68. The van der Waals surface area contributed by atoms with Crippen molar-refractivity contribution in [1.82, 2.24) is 10.6 Å². The number of unbranched alkanes of at least 4 members (excludes halogenated alkanes) is 7. The average molecular weight is 391 g/mol. The monoisotopic (exact) mass is 390 g/mol. The van der Waals surface area contributed by atoms with E-state index >= 15 is 0 Å². The van der Waals surface area contributed by atoms with Crippen molar-refractivity contribution in [2.75, 3.05) is 13.4 Å². The first-order chi connectivity index (χ1) is 12.1. The second-order valence-corrected chi connectivity index (χ2v) is 9.77. The summed E-state index contributed by atoms with van der Waals surface area (Å²) in [5.74, 6) is -0.141. The van der Waals surface area contributed by atoms with Gasteiger partial charge in [-0.25, -0.2) is 0 Å². The summed E-state index contributed by atoms with van der Waals surface area (Å²) in [6, 6.07) is -0.488. The van der Waals surface area contributed by atoms with Crippen LogP contribution < -0.4 is 10.6 Å². The van der Waals surface area contributed by atoms with E-state index in [0.29, 0.717) is 6.42 Å². The summed E-state index contributed by atoms with van der Waals surface area (Å²) < 4.78 is 16.2. The van der Waals surface area contributed by atoms with Gasteiger partial charge in [0.1, 0.15) is 0 Å². The van der Waals surface area contributed by atoms with Crippen LogP contribution in [0.1, 0.15) is 78.6 Å². The molecular formula is C19H39N2O4P. The normalized spacial score (nSPS) is 15.3. The Labute approximate surface area is 159 Å². The predicted octanol–water partition coefficient (Wildman–Crippen LogP) is 4.35. The Morgan fingerprint density at radius 2 is 1.69 bits per heavy atom. The minimum absolute atomic E-state index is 0.141. The third kappa shape index (κ3) is 14.5. The molecule has 0 aromatic heterocycles. The predicted molar refractivity (Wildman–Crippen MR) is 108 cm³/mol. The van der Waals surface area contributed by atoms with Gasteiger partial charge >= 0.3 is 7.60 Å². The van der Waals surface area contributed by atoms with E-state index in [9.17, 15) is 14.3 Å². The molecular weight excluding hydrogens is 351 g/mol. The Balaban J connectivity index is 4.25. The number of hydrogen-bond donors (Lipinski definition) is 3. The lowest BCUT2D eigenvalue weighted by atomic mass is 10.0. The van der Waals surface area contributed by atoms with Gasteiger partial charge in [0.25, 0.3) is 0 Å². The summed E-state index contributed by atoms with van der Waals surface area (Å²) >= 11 is 0. The van der Waals surface area contributed by atoms with Crippen molar-refractivity contribution in [3.63, 3.8) is 0 Å². The number of rotatable bonds is 15. The Morgan fingerprint density at radius 3 is 2.19 bits per heavy atom. The van der Waals surface area contributed by atoms with Gasteiger partial charge in [-0.3, -0.25) is 14.7 Å². The number of carbonyl (C=O) groups excluding carboxylic acids is 1. The number of amides is 1. The second-order valence-electron chi connectivity index (χ2n) is 7.82.